The number of sulfone groups is 1. The molecule has 0 aliphatic heterocycles. The Hall–Kier alpha value is -2.34. The predicted molar refractivity (Wildman–Crippen MR) is 107 cm³/mol. The van der Waals surface area contributed by atoms with Gasteiger partial charge in [0.2, 0.25) is 5.91 Å². The zero-order chi connectivity index (χ0) is 20.0. The van der Waals surface area contributed by atoms with Gasteiger partial charge in [0.1, 0.15) is 5.75 Å². The summed E-state index contributed by atoms with van der Waals surface area (Å²) in [4.78, 5) is 12.6. The maximum atomic E-state index is 12.4. The van der Waals surface area contributed by atoms with Crippen LogP contribution in [0.25, 0.3) is 0 Å². The van der Waals surface area contributed by atoms with E-state index in [-0.39, 0.29) is 16.8 Å². The van der Waals surface area contributed by atoms with Crippen LogP contribution in [0.5, 0.6) is 5.75 Å². The van der Waals surface area contributed by atoms with Crippen molar-refractivity contribution in [2.75, 3.05) is 13.4 Å². The van der Waals surface area contributed by atoms with E-state index in [4.69, 9.17) is 4.74 Å². The summed E-state index contributed by atoms with van der Waals surface area (Å²) in [7, 11) is -1.58. The third-order valence-corrected chi connectivity index (χ3v) is 5.68. The quantitative estimate of drug-likeness (QED) is 0.749. The molecule has 2 rings (SSSR count). The lowest BCUT2D eigenvalue weighted by atomic mass is 10.0. The van der Waals surface area contributed by atoms with Crippen molar-refractivity contribution in [1.29, 1.82) is 0 Å². The standard InChI is InChI=1S/C21H27NO4S/c1-5-19(17-8-10-18(11-9-17)27(4,24)25)22-21(23)13-7-16-6-12-20(26-3)15(2)14-16/h6,8-12,14,19H,5,7,13H2,1-4H3,(H,22,23). The average Bonchev–Trinajstić information content (AvgIpc) is 2.64. The summed E-state index contributed by atoms with van der Waals surface area (Å²) in [6, 6.07) is 12.5. The molecule has 6 heteroatoms. The molecule has 0 aliphatic rings. The largest absolute Gasteiger partial charge is 0.496 e. The van der Waals surface area contributed by atoms with Gasteiger partial charge in [-0.1, -0.05) is 31.2 Å². The molecule has 0 fully saturated rings. The van der Waals surface area contributed by atoms with Crippen molar-refractivity contribution in [2.24, 2.45) is 0 Å². The summed E-state index contributed by atoms with van der Waals surface area (Å²) < 4.78 is 28.4. The van der Waals surface area contributed by atoms with Crippen LogP contribution in [0.2, 0.25) is 0 Å². The summed E-state index contributed by atoms with van der Waals surface area (Å²) >= 11 is 0. The van der Waals surface area contributed by atoms with Gasteiger partial charge in [0, 0.05) is 12.7 Å². The highest BCUT2D eigenvalue weighted by atomic mass is 32.2. The minimum Gasteiger partial charge on any atom is -0.496 e. The van der Waals surface area contributed by atoms with Crippen molar-refractivity contribution in [3.63, 3.8) is 0 Å². The minimum absolute atomic E-state index is 0.0255. The van der Waals surface area contributed by atoms with E-state index in [1.165, 1.54) is 6.26 Å². The number of rotatable bonds is 8. The summed E-state index contributed by atoms with van der Waals surface area (Å²) in [6.07, 6.45) is 2.96. The third kappa shape index (κ3) is 5.82. The van der Waals surface area contributed by atoms with Crippen LogP contribution in [-0.2, 0) is 21.1 Å². The van der Waals surface area contributed by atoms with Gasteiger partial charge in [0.15, 0.2) is 9.84 Å². The van der Waals surface area contributed by atoms with Crippen LogP contribution < -0.4 is 10.1 Å². The molecule has 0 aromatic heterocycles. The second-order valence-corrected chi connectivity index (χ2v) is 8.69. The number of hydrogen-bond donors (Lipinski definition) is 1. The summed E-state index contributed by atoms with van der Waals surface area (Å²) in [6.45, 7) is 3.97. The van der Waals surface area contributed by atoms with Crippen molar-refractivity contribution < 1.29 is 17.9 Å². The van der Waals surface area contributed by atoms with Gasteiger partial charge in [-0.15, -0.1) is 0 Å². The molecule has 0 bridgehead atoms. The lowest BCUT2D eigenvalue weighted by molar-refractivity contribution is -0.121. The maximum Gasteiger partial charge on any atom is 0.220 e. The molecule has 27 heavy (non-hydrogen) atoms. The molecule has 0 radical (unpaired) electrons. The highest BCUT2D eigenvalue weighted by molar-refractivity contribution is 7.90. The third-order valence-electron chi connectivity index (χ3n) is 4.55. The molecule has 146 valence electrons. The minimum atomic E-state index is -3.22. The summed E-state index contributed by atoms with van der Waals surface area (Å²) in [5.74, 6) is 0.814. The Bertz CT molecular complexity index is 889. The Morgan fingerprint density at radius 1 is 1.15 bits per heavy atom. The number of amides is 1. The van der Waals surface area contributed by atoms with Crippen LogP contribution in [0.4, 0.5) is 0 Å². The van der Waals surface area contributed by atoms with Crippen LogP contribution in [0.1, 0.15) is 42.5 Å². The fraction of sp³-hybridized carbons (Fsp3) is 0.381. The fourth-order valence-corrected chi connectivity index (χ4v) is 3.62. The molecule has 0 saturated heterocycles. The highest BCUT2D eigenvalue weighted by Crippen LogP contribution is 2.21. The Balaban J connectivity index is 1.97. The lowest BCUT2D eigenvalue weighted by Gasteiger charge is -2.18. The van der Waals surface area contributed by atoms with E-state index >= 15 is 0 Å². The van der Waals surface area contributed by atoms with Crippen LogP contribution in [-0.4, -0.2) is 27.7 Å². The fourth-order valence-electron chi connectivity index (χ4n) is 2.99. The normalized spacial score (nSPS) is 12.4. The molecule has 1 N–H and O–H groups in total. The molecule has 0 heterocycles. The Morgan fingerprint density at radius 3 is 2.33 bits per heavy atom. The topological polar surface area (TPSA) is 72.5 Å². The smallest absolute Gasteiger partial charge is 0.220 e. The van der Waals surface area contributed by atoms with Crippen molar-refractivity contribution in [3.05, 3.63) is 59.2 Å². The van der Waals surface area contributed by atoms with Crippen molar-refractivity contribution >= 4 is 15.7 Å². The predicted octanol–water partition coefficient (Wildman–Crippen LogP) is 3.61. The molecule has 5 nitrogen and oxygen atoms in total. The molecule has 0 aliphatic carbocycles. The number of benzene rings is 2. The van der Waals surface area contributed by atoms with Crippen molar-refractivity contribution in [3.8, 4) is 5.75 Å². The van der Waals surface area contributed by atoms with E-state index in [0.29, 0.717) is 12.8 Å². The first-order valence-corrected chi connectivity index (χ1v) is 10.9. The van der Waals surface area contributed by atoms with Gasteiger partial charge in [-0.05, 0) is 54.7 Å². The number of methoxy groups -OCH3 is 1. The van der Waals surface area contributed by atoms with Crippen LogP contribution in [0, 0.1) is 6.92 Å². The van der Waals surface area contributed by atoms with Crippen LogP contribution in [0.3, 0.4) is 0 Å². The Kier molecular flexibility index (Phi) is 7.02. The number of carbonyl (C=O) groups is 1. The zero-order valence-electron chi connectivity index (χ0n) is 16.3. The molecule has 1 amide bonds. The summed E-state index contributed by atoms with van der Waals surface area (Å²) in [5, 5.41) is 3.04. The van der Waals surface area contributed by atoms with Gasteiger partial charge in [-0.3, -0.25) is 4.79 Å². The monoisotopic (exact) mass is 389 g/mol. The van der Waals surface area contributed by atoms with E-state index in [2.05, 4.69) is 5.32 Å². The van der Waals surface area contributed by atoms with E-state index < -0.39 is 9.84 Å². The number of carbonyl (C=O) groups excluding carboxylic acids is 1. The van der Waals surface area contributed by atoms with E-state index in [9.17, 15) is 13.2 Å². The van der Waals surface area contributed by atoms with E-state index in [1.807, 2.05) is 32.0 Å². The Morgan fingerprint density at radius 2 is 1.81 bits per heavy atom. The molecule has 0 spiro atoms. The molecule has 2 aromatic carbocycles. The van der Waals surface area contributed by atoms with Gasteiger partial charge in [-0.25, -0.2) is 8.42 Å². The maximum absolute atomic E-state index is 12.4. The molecule has 2 aromatic rings. The van der Waals surface area contributed by atoms with E-state index in [0.717, 1.165) is 28.9 Å². The van der Waals surface area contributed by atoms with E-state index in [1.54, 1.807) is 31.4 Å². The second kappa shape index (κ2) is 9.04. The molecule has 1 unspecified atom stereocenters. The molecular weight excluding hydrogens is 362 g/mol. The molecular formula is C21H27NO4S. The van der Waals surface area contributed by atoms with Crippen LogP contribution >= 0.6 is 0 Å². The van der Waals surface area contributed by atoms with Gasteiger partial charge in [-0.2, -0.15) is 0 Å². The van der Waals surface area contributed by atoms with Gasteiger partial charge in [0.05, 0.1) is 18.0 Å². The Labute approximate surface area is 161 Å². The highest BCUT2D eigenvalue weighted by Gasteiger charge is 2.14. The molecule has 0 saturated carbocycles. The first-order chi connectivity index (χ1) is 12.7. The van der Waals surface area contributed by atoms with Crippen LogP contribution in [0.15, 0.2) is 47.4 Å². The second-order valence-electron chi connectivity index (χ2n) is 6.67. The van der Waals surface area contributed by atoms with Gasteiger partial charge >= 0.3 is 0 Å². The first-order valence-electron chi connectivity index (χ1n) is 8.97. The van der Waals surface area contributed by atoms with Crippen molar-refractivity contribution in [2.45, 2.75) is 44.0 Å². The van der Waals surface area contributed by atoms with Crippen molar-refractivity contribution in [1.82, 2.24) is 5.32 Å². The SMILES string of the molecule is CCC(NC(=O)CCc1ccc(OC)c(C)c1)c1ccc(S(C)(=O)=O)cc1. The number of nitrogens with one attached hydrogen (secondary N) is 1. The molecule has 1 atom stereocenters. The van der Waals surface area contributed by atoms with Gasteiger partial charge < -0.3 is 10.1 Å². The number of aryl methyl sites for hydroxylation is 2. The number of ether oxygens (including phenoxy) is 1. The average molecular weight is 390 g/mol. The summed E-state index contributed by atoms with van der Waals surface area (Å²) in [5.41, 5.74) is 3.04. The zero-order valence-corrected chi connectivity index (χ0v) is 17.1. The van der Waals surface area contributed by atoms with Gasteiger partial charge in [0.25, 0.3) is 0 Å². The lowest BCUT2D eigenvalue weighted by Crippen LogP contribution is -2.28. The first kappa shape index (κ1) is 21.0. The number of hydrogen-bond acceptors (Lipinski definition) is 4.